The quantitative estimate of drug-likeness (QED) is 0.705. The van der Waals surface area contributed by atoms with E-state index < -0.39 is 5.82 Å². The lowest BCUT2D eigenvalue weighted by molar-refractivity contribution is 0.100. The highest BCUT2D eigenvalue weighted by atomic mass is 19.1. The van der Waals surface area contributed by atoms with E-state index in [0.717, 1.165) is 31.2 Å². The molecule has 2 aromatic carbocycles. The molecule has 4 rings (SSSR count). The molecule has 2 N–H and O–H groups in total. The maximum Gasteiger partial charge on any atom is 0.324 e. The minimum Gasteiger partial charge on any atom is -0.485 e. The van der Waals surface area contributed by atoms with Crippen LogP contribution in [0.25, 0.3) is 0 Å². The van der Waals surface area contributed by atoms with Crippen molar-refractivity contribution in [2.45, 2.75) is 51.7 Å². The van der Waals surface area contributed by atoms with E-state index in [2.05, 4.69) is 0 Å². The average molecular weight is 440 g/mol. The number of carbonyl (C=O) groups is 2. The summed E-state index contributed by atoms with van der Waals surface area (Å²) in [5, 5.41) is 0. The molecule has 0 saturated carbocycles. The van der Waals surface area contributed by atoms with Crippen LogP contribution >= 0.6 is 0 Å². The molecule has 6 nitrogen and oxygen atoms in total. The van der Waals surface area contributed by atoms with Crippen LogP contribution in [0.3, 0.4) is 0 Å². The van der Waals surface area contributed by atoms with Crippen LogP contribution in [-0.2, 0) is 13.0 Å². The number of benzene rings is 2. The van der Waals surface area contributed by atoms with Crippen LogP contribution in [0.4, 0.5) is 14.9 Å². The fourth-order valence-electron chi connectivity index (χ4n) is 4.46. The van der Waals surface area contributed by atoms with E-state index in [-0.39, 0.29) is 36.1 Å². The van der Waals surface area contributed by atoms with Crippen LogP contribution in [0.1, 0.15) is 54.6 Å². The maximum absolute atomic E-state index is 14.9. The van der Waals surface area contributed by atoms with Gasteiger partial charge in [0.15, 0.2) is 5.78 Å². The molecule has 2 amide bonds. The summed E-state index contributed by atoms with van der Waals surface area (Å²) in [7, 11) is 0. The number of fused-ring (bicyclic) bond motifs is 1. The second kappa shape index (κ2) is 8.90. The maximum atomic E-state index is 14.9. The number of ketones is 1. The van der Waals surface area contributed by atoms with Crippen molar-refractivity contribution in [3.05, 3.63) is 58.9 Å². The number of likely N-dealkylation sites (tertiary alicyclic amines) is 1. The number of amides is 2. The number of nitrogens with zero attached hydrogens (tertiary/aromatic N) is 2. The van der Waals surface area contributed by atoms with Gasteiger partial charge >= 0.3 is 6.03 Å². The van der Waals surface area contributed by atoms with Crippen molar-refractivity contribution < 1.29 is 18.7 Å². The zero-order valence-corrected chi connectivity index (χ0v) is 18.7. The lowest BCUT2D eigenvalue weighted by atomic mass is 10.0. The Kier molecular flexibility index (Phi) is 6.20. The number of nitrogens with two attached hydrogens (primary N) is 1. The molecule has 170 valence electrons. The summed E-state index contributed by atoms with van der Waals surface area (Å²) in [4.78, 5) is 28.9. The van der Waals surface area contributed by atoms with Gasteiger partial charge in [-0.1, -0.05) is 24.3 Å². The van der Waals surface area contributed by atoms with Crippen LogP contribution in [0.15, 0.2) is 36.4 Å². The van der Waals surface area contributed by atoms with Crippen LogP contribution in [0.5, 0.6) is 5.75 Å². The Morgan fingerprint density at radius 3 is 2.59 bits per heavy atom. The van der Waals surface area contributed by atoms with E-state index in [1.54, 1.807) is 17.0 Å². The number of hydrogen-bond donors (Lipinski definition) is 1. The standard InChI is InChI=1S/C25H30FN3O3/c1-25(2)14-18-7-6-8-21(23(18)32-25)29(24(31)28-11-4-3-5-12-28)16-19-10-9-17(13-20(19)26)22(30)15-27/h6-10,13H,3-5,11-12,14-16,27H2,1-2H3. The summed E-state index contributed by atoms with van der Waals surface area (Å²) in [5.74, 6) is -0.180. The molecule has 2 aliphatic rings. The molecule has 0 unspecified atom stereocenters. The van der Waals surface area contributed by atoms with Crippen LogP contribution < -0.4 is 15.4 Å². The molecule has 0 radical (unpaired) electrons. The first-order chi connectivity index (χ1) is 15.3. The van der Waals surface area contributed by atoms with Gasteiger partial charge in [0.1, 0.15) is 17.2 Å². The largest absolute Gasteiger partial charge is 0.485 e. The topological polar surface area (TPSA) is 75.9 Å². The normalized spacial score (nSPS) is 16.9. The second-order valence-corrected chi connectivity index (χ2v) is 9.15. The van der Waals surface area contributed by atoms with Gasteiger partial charge in [0.25, 0.3) is 0 Å². The second-order valence-electron chi connectivity index (χ2n) is 9.15. The summed E-state index contributed by atoms with van der Waals surface area (Å²) in [5.41, 5.74) is 7.27. The third-order valence-corrected chi connectivity index (χ3v) is 6.11. The smallest absolute Gasteiger partial charge is 0.324 e. The molecule has 32 heavy (non-hydrogen) atoms. The van der Waals surface area contributed by atoms with Crippen molar-refractivity contribution in [2.24, 2.45) is 5.73 Å². The highest BCUT2D eigenvalue weighted by molar-refractivity contribution is 5.97. The number of piperidine rings is 1. The zero-order chi connectivity index (χ0) is 22.9. The van der Waals surface area contributed by atoms with Crippen LogP contribution in [0.2, 0.25) is 0 Å². The monoisotopic (exact) mass is 439 g/mol. The molecule has 7 heteroatoms. The first-order valence-corrected chi connectivity index (χ1v) is 11.2. The summed E-state index contributed by atoms with van der Waals surface area (Å²) in [6.45, 7) is 5.26. The van der Waals surface area contributed by atoms with Gasteiger partial charge in [0, 0.05) is 36.2 Å². The molecule has 0 bridgehead atoms. The van der Waals surface area contributed by atoms with Crippen molar-refractivity contribution in [1.29, 1.82) is 0 Å². The molecule has 2 heterocycles. The van der Waals surface area contributed by atoms with Gasteiger partial charge in [-0.3, -0.25) is 9.69 Å². The Labute approximate surface area is 188 Å². The molecule has 2 aromatic rings. The lowest BCUT2D eigenvalue weighted by Gasteiger charge is -2.34. The number of anilines is 1. The van der Waals surface area contributed by atoms with Crippen LogP contribution in [-0.4, -0.2) is 41.9 Å². The first-order valence-electron chi connectivity index (χ1n) is 11.2. The Bertz CT molecular complexity index is 1030. The van der Waals surface area contributed by atoms with Crippen LogP contribution in [0, 0.1) is 5.82 Å². The molecular formula is C25H30FN3O3. The number of ether oxygens (including phenoxy) is 1. The fourth-order valence-corrected chi connectivity index (χ4v) is 4.46. The Hall–Kier alpha value is -2.93. The van der Waals surface area contributed by atoms with Crippen molar-refractivity contribution in [1.82, 2.24) is 4.90 Å². The van der Waals surface area contributed by atoms with Gasteiger partial charge in [-0.25, -0.2) is 9.18 Å². The molecule has 0 aromatic heterocycles. The summed E-state index contributed by atoms with van der Waals surface area (Å²) < 4.78 is 21.2. The SMILES string of the molecule is CC1(C)Cc2cccc(N(Cc3ccc(C(=O)CN)cc3F)C(=O)N3CCCCC3)c2O1. The average Bonchev–Trinajstić information content (AvgIpc) is 3.12. The summed E-state index contributed by atoms with van der Waals surface area (Å²) in [6, 6.07) is 9.93. The van der Waals surface area contributed by atoms with Crippen molar-refractivity contribution in [2.75, 3.05) is 24.5 Å². The number of hydrogen-bond acceptors (Lipinski definition) is 4. The predicted molar refractivity (Wildman–Crippen MR) is 122 cm³/mol. The van der Waals surface area contributed by atoms with Gasteiger partial charge in [0.05, 0.1) is 18.8 Å². The molecule has 2 aliphatic heterocycles. The minimum atomic E-state index is -0.533. The minimum absolute atomic E-state index is 0.0402. The molecule has 1 fully saturated rings. The Morgan fingerprint density at radius 2 is 1.91 bits per heavy atom. The Balaban J connectivity index is 1.71. The predicted octanol–water partition coefficient (Wildman–Crippen LogP) is 4.29. The van der Waals surface area contributed by atoms with Crippen molar-refractivity contribution >= 4 is 17.5 Å². The third kappa shape index (κ3) is 4.48. The number of para-hydroxylation sites is 1. The first kappa shape index (κ1) is 22.3. The van der Waals surface area contributed by atoms with E-state index in [9.17, 15) is 14.0 Å². The highest BCUT2D eigenvalue weighted by Gasteiger charge is 2.35. The third-order valence-electron chi connectivity index (χ3n) is 6.11. The van der Waals surface area contributed by atoms with Gasteiger partial charge in [-0.05, 0) is 45.2 Å². The molecule has 0 spiro atoms. The van der Waals surface area contributed by atoms with Crippen molar-refractivity contribution in [3.63, 3.8) is 0 Å². The van der Waals surface area contributed by atoms with E-state index in [1.165, 1.54) is 6.07 Å². The van der Waals surface area contributed by atoms with Gasteiger partial charge in [0.2, 0.25) is 0 Å². The van der Waals surface area contributed by atoms with Gasteiger partial charge in [-0.15, -0.1) is 0 Å². The molecule has 0 aliphatic carbocycles. The van der Waals surface area contributed by atoms with Gasteiger partial charge in [-0.2, -0.15) is 0 Å². The lowest BCUT2D eigenvalue weighted by Crippen LogP contribution is -2.45. The van der Waals surface area contributed by atoms with E-state index >= 15 is 0 Å². The molecule has 0 atom stereocenters. The molecule has 1 saturated heterocycles. The fraction of sp³-hybridized carbons (Fsp3) is 0.440. The number of rotatable bonds is 5. The Morgan fingerprint density at radius 1 is 1.16 bits per heavy atom. The number of carbonyl (C=O) groups excluding carboxylic acids is 2. The molecular weight excluding hydrogens is 409 g/mol. The highest BCUT2D eigenvalue weighted by Crippen LogP contribution is 2.43. The van der Waals surface area contributed by atoms with E-state index in [1.807, 2.05) is 36.9 Å². The van der Waals surface area contributed by atoms with E-state index in [0.29, 0.717) is 30.1 Å². The number of Topliss-reactive ketones (excluding diaryl/α,β-unsaturated/α-hetero) is 1. The van der Waals surface area contributed by atoms with Gasteiger partial charge < -0.3 is 15.4 Å². The zero-order valence-electron chi connectivity index (χ0n) is 18.7. The summed E-state index contributed by atoms with van der Waals surface area (Å²) in [6.07, 6.45) is 3.76. The number of urea groups is 1. The van der Waals surface area contributed by atoms with E-state index in [4.69, 9.17) is 10.5 Å². The number of halogens is 1. The summed E-state index contributed by atoms with van der Waals surface area (Å²) >= 11 is 0. The van der Waals surface area contributed by atoms with Crippen molar-refractivity contribution in [3.8, 4) is 5.75 Å².